The van der Waals surface area contributed by atoms with Crippen molar-refractivity contribution < 1.29 is 14.3 Å². The zero-order valence-corrected chi connectivity index (χ0v) is 14.0. The van der Waals surface area contributed by atoms with Gasteiger partial charge in [-0.25, -0.2) is 0 Å². The van der Waals surface area contributed by atoms with Crippen molar-refractivity contribution in [2.75, 3.05) is 6.61 Å². The highest BCUT2D eigenvalue weighted by Crippen LogP contribution is 2.24. The van der Waals surface area contributed by atoms with Gasteiger partial charge in [0.25, 0.3) is 11.8 Å². The standard InChI is InChI=1S/C20H21NO3/c1-14(2)12-24-13-16-7-5-6-15(10-16)11-21-19(22)17-8-3-4-9-18(17)20(21)23/h3-10,14H,11-13H2,1-2H3. The molecular weight excluding hydrogens is 302 g/mol. The molecule has 0 saturated heterocycles. The minimum Gasteiger partial charge on any atom is -0.377 e. The van der Waals surface area contributed by atoms with Gasteiger partial charge in [-0.2, -0.15) is 0 Å². The molecule has 1 heterocycles. The van der Waals surface area contributed by atoms with Crippen LogP contribution in [0.3, 0.4) is 0 Å². The van der Waals surface area contributed by atoms with E-state index in [4.69, 9.17) is 4.74 Å². The Kier molecular flexibility index (Phi) is 4.76. The van der Waals surface area contributed by atoms with Gasteiger partial charge in [0.05, 0.1) is 24.3 Å². The van der Waals surface area contributed by atoms with Crippen LogP contribution in [-0.2, 0) is 17.9 Å². The number of benzene rings is 2. The molecule has 0 atom stereocenters. The normalized spacial score (nSPS) is 13.7. The molecule has 0 spiro atoms. The van der Waals surface area contributed by atoms with Gasteiger partial charge in [-0.3, -0.25) is 14.5 Å². The first-order valence-electron chi connectivity index (χ1n) is 8.17. The summed E-state index contributed by atoms with van der Waals surface area (Å²) in [4.78, 5) is 26.2. The zero-order valence-electron chi connectivity index (χ0n) is 14.0. The van der Waals surface area contributed by atoms with Gasteiger partial charge >= 0.3 is 0 Å². The van der Waals surface area contributed by atoms with Crippen molar-refractivity contribution in [3.63, 3.8) is 0 Å². The minimum atomic E-state index is -0.225. The van der Waals surface area contributed by atoms with Crippen LogP contribution in [0.2, 0.25) is 0 Å². The Morgan fingerprint density at radius 3 is 2.17 bits per heavy atom. The summed E-state index contributed by atoms with van der Waals surface area (Å²) in [5.41, 5.74) is 2.94. The third-order valence-electron chi connectivity index (χ3n) is 3.93. The van der Waals surface area contributed by atoms with Gasteiger partial charge in [-0.1, -0.05) is 50.2 Å². The second-order valence-corrected chi connectivity index (χ2v) is 6.47. The summed E-state index contributed by atoms with van der Waals surface area (Å²) in [7, 11) is 0. The lowest BCUT2D eigenvalue weighted by Gasteiger charge is -2.15. The van der Waals surface area contributed by atoms with Gasteiger partial charge in [-0.15, -0.1) is 0 Å². The number of fused-ring (bicyclic) bond motifs is 1. The molecule has 1 aliphatic heterocycles. The highest BCUT2D eigenvalue weighted by molar-refractivity contribution is 6.21. The molecule has 0 N–H and O–H groups in total. The monoisotopic (exact) mass is 323 g/mol. The summed E-state index contributed by atoms with van der Waals surface area (Å²) in [5, 5.41) is 0. The first kappa shape index (κ1) is 16.4. The second kappa shape index (κ2) is 6.97. The molecule has 0 bridgehead atoms. The van der Waals surface area contributed by atoms with Gasteiger partial charge in [0.15, 0.2) is 0 Å². The van der Waals surface area contributed by atoms with Crippen molar-refractivity contribution in [3.8, 4) is 0 Å². The lowest BCUT2D eigenvalue weighted by Crippen LogP contribution is -2.29. The molecule has 124 valence electrons. The van der Waals surface area contributed by atoms with Crippen LogP contribution in [0.4, 0.5) is 0 Å². The van der Waals surface area contributed by atoms with Gasteiger partial charge in [0, 0.05) is 6.61 Å². The molecule has 0 fully saturated rings. The van der Waals surface area contributed by atoms with E-state index >= 15 is 0 Å². The Morgan fingerprint density at radius 2 is 1.54 bits per heavy atom. The van der Waals surface area contributed by atoms with E-state index in [2.05, 4.69) is 13.8 Å². The Hall–Kier alpha value is -2.46. The summed E-state index contributed by atoms with van der Waals surface area (Å²) in [6, 6.07) is 14.8. The number of hydrogen-bond acceptors (Lipinski definition) is 3. The fraction of sp³-hybridized carbons (Fsp3) is 0.300. The number of nitrogens with zero attached hydrogens (tertiary/aromatic N) is 1. The third-order valence-corrected chi connectivity index (χ3v) is 3.93. The SMILES string of the molecule is CC(C)COCc1cccc(CN2C(=O)c3ccccc3C2=O)c1. The molecule has 3 rings (SSSR count). The zero-order chi connectivity index (χ0) is 17.1. The molecule has 0 aromatic heterocycles. The molecule has 0 saturated carbocycles. The number of imide groups is 1. The van der Waals surface area contributed by atoms with Crippen LogP contribution in [0, 0.1) is 5.92 Å². The minimum absolute atomic E-state index is 0.225. The number of ether oxygens (including phenoxy) is 1. The number of amides is 2. The molecule has 24 heavy (non-hydrogen) atoms. The predicted octanol–water partition coefficient (Wildman–Crippen LogP) is 3.66. The summed E-state index contributed by atoms with van der Waals surface area (Å²) >= 11 is 0. The predicted molar refractivity (Wildman–Crippen MR) is 91.6 cm³/mol. The fourth-order valence-electron chi connectivity index (χ4n) is 2.80. The number of hydrogen-bond donors (Lipinski definition) is 0. The Labute approximate surface area is 142 Å². The second-order valence-electron chi connectivity index (χ2n) is 6.47. The Morgan fingerprint density at radius 1 is 0.917 bits per heavy atom. The molecule has 4 nitrogen and oxygen atoms in total. The summed E-state index contributed by atoms with van der Waals surface area (Å²) in [6.07, 6.45) is 0. The summed E-state index contributed by atoms with van der Waals surface area (Å²) < 4.78 is 5.65. The van der Waals surface area contributed by atoms with Crippen molar-refractivity contribution in [1.82, 2.24) is 4.90 Å². The van der Waals surface area contributed by atoms with Crippen molar-refractivity contribution in [2.24, 2.45) is 5.92 Å². The van der Waals surface area contributed by atoms with Crippen molar-refractivity contribution in [2.45, 2.75) is 27.0 Å². The Balaban J connectivity index is 1.71. The van der Waals surface area contributed by atoms with E-state index in [0.717, 1.165) is 11.1 Å². The van der Waals surface area contributed by atoms with E-state index in [0.29, 0.717) is 30.3 Å². The smallest absolute Gasteiger partial charge is 0.261 e. The molecule has 2 aromatic rings. The highest BCUT2D eigenvalue weighted by Gasteiger charge is 2.34. The van der Waals surface area contributed by atoms with E-state index < -0.39 is 0 Å². The van der Waals surface area contributed by atoms with Crippen LogP contribution in [0.1, 0.15) is 45.7 Å². The lowest BCUT2D eigenvalue weighted by molar-refractivity contribution is 0.0642. The summed E-state index contributed by atoms with van der Waals surface area (Å²) in [6.45, 7) is 5.75. The molecule has 2 amide bonds. The topological polar surface area (TPSA) is 46.6 Å². The molecule has 2 aromatic carbocycles. The maximum absolute atomic E-state index is 12.4. The highest BCUT2D eigenvalue weighted by atomic mass is 16.5. The van der Waals surface area contributed by atoms with E-state index in [1.165, 1.54) is 4.90 Å². The van der Waals surface area contributed by atoms with Gasteiger partial charge in [0.1, 0.15) is 0 Å². The average molecular weight is 323 g/mol. The van der Waals surface area contributed by atoms with E-state index in [1.54, 1.807) is 24.3 Å². The maximum atomic E-state index is 12.4. The number of carbonyl (C=O) groups is 2. The van der Waals surface area contributed by atoms with Gasteiger partial charge in [0.2, 0.25) is 0 Å². The maximum Gasteiger partial charge on any atom is 0.261 e. The molecular formula is C20H21NO3. The van der Waals surface area contributed by atoms with Crippen LogP contribution < -0.4 is 0 Å². The largest absolute Gasteiger partial charge is 0.377 e. The Bertz CT molecular complexity index is 732. The van der Waals surface area contributed by atoms with Crippen molar-refractivity contribution in [1.29, 1.82) is 0 Å². The van der Waals surface area contributed by atoms with Crippen LogP contribution in [0.5, 0.6) is 0 Å². The third kappa shape index (κ3) is 3.39. The molecule has 0 unspecified atom stereocenters. The van der Waals surface area contributed by atoms with E-state index in [1.807, 2.05) is 24.3 Å². The van der Waals surface area contributed by atoms with Crippen LogP contribution >= 0.6 is 0 Å². The molecule has 4 heteroatoms. The molecule has 1 aliphatic rings. The molecule has 0 radical (unpaired) electrons. The summed E-state index contributed by atoms with van der Waals surface area (Å²) in [5.74, 6) is 0.0423. The van der Waals surface area contributed by atoms with Gasteiger partial charge in [-0.05, 0) is 29.2 Å². The first-order chi connectivity index (χ1) is 11.6. The molecule has 0 aliphatic carbocycles. The fourth-order valence-corrected chi connectivity index (χ4v) is 2.80. The number of carbonyl (C=O) groups excluding carboxylic acids is 2. The van der Waals surface area contributed by atoms with Crippen LogP contribution in [0.15, 0.2) is 48.5 Å². The van der Waals surface area contributed by atoms with Crippen molar-refractivity contribution in [3.05, 3.63) is 70.8 Å². The average Bonchev–Trinajstić information content (AvgIpc) is 2.80. The van der Waals surface area contributed by atoms with Gasteiger partial charge < -0.3 is 4.74 Å². The lowest BCUT2D eigenvalue weighted by atomic mass is 10.1. The number of rotatable bonds is 6. The van der Waals surface area contributed by atoms with E-state index in [9.17, 15) is 9.59 Å². The van der Waals surface area contributed by atoms with Crippen molar-refractivity contribution >= 4 is 11.8 Å². The van der Waals surface area contributed by atoms with Crippen LogP contribution in [-0.4, -0.2) is 23.3 Å². The van der Waals surface area contributed by atoms with Crippen LogP contribution in [0.25, 0.3) is 0 Å². The van der Waals surface area contributed by atoms with E-state index in [-0.39, 0.29) is 18.4 Å². The first-order valence-corrected chi connectivity index (χ1v) is 8.17. The quantitative estimate of drug-likeness (QED) is 0.762.